The summed E-state index contributed by atoms with van der Waals surface area (Å²) in [7, 11) is 1.67. The summed E-state index contributed by atoms with van der Waals surface area (Å²) in [5, 5.41) is 12.7. The van der Waals surface area contributed by atoms with E-state index in [-0.39, 0.29) is 5.69 Å². The van der Waals surface area contributed by atoms with E-state index in [1.165, 1.54) is 4.57 Å². The van der Waals surface area contributed by atoms with Gasteiger partial charge in [-0.2, -0.15) is 4.57 Å². The van der Waals surface area contributed by atoms with Crippen molar-refractivity contribution in [2.75, 3.05) is 5.32 Å². The van der Waals surface area contributed by atoms with Crippen molar-refractivity contribution in [3.63, 3.8) is 0 Å². The maximum atomic E-state index is 12.3. The molecule has 5 heteroatoms. The Morgan fingerprint density at radius 3 is 2.27 bits per heavy atom. The maximum Gasteiger partial charge on any atom is 0.383 e. The summed E-state index contributed by atoms with van der Waals surface area (Å²) in [6.07, 6.45) is 0. The quantitative estimate of drug-likeness (QED) is 0.730. The molecular weight excluding hydrogens is 280 g/mol. The Morgan fingerprint density at radius 2 is 1.64 bits per heavy atom. The van der Waals surface area contributed by atoms with E-state index in [4.69, 9.17) is 4.42 Å². The number of benzene rings is 2. The molecule has 0 atom stereocenters. The number of carbonyl (C=O) groups excluding carboxylic acids is 1. The molecule has 0 fully saturated rings. The van der Waals surface area contributed by atoms with Gasteiger partial charge in [0.1, 0.15) is 7.05 Å². The number of rotatable bonds is 3. The van der Waals surface area contributed by atoms with Crippen LogP contribution in [0, 0.1) is 0 Å². The Morgan fingerprint density at radius 1 is 1.05 bits per heavy atom. The third-order valence-corrected chi connectivity index (χ3v) is 3.30. The standard InChI is InChI=1S/C17H14N2O3/c1-19-14(15(20)18-13-10-6-3-7-11-13)17(21)22-16(19)12-8-4-2-5-9-12/h2-11H,1H3,(H-,18,20,21)/p+1. The van der Waals surface area contributed by atoms with Crippen LogP contribution in [0.25, 0.3) is 11.5 Å². The molecule has 3 rings (SSSR count). The smallest absolute Gasteiger partial charge is 0.383 e. The number of nitrogens with zero attached hydrogens (tertiary/aromatic N) is 1. The summed E-state index contributed by atoms with van der Waals surface area (Å²) in [5.41, 5.74) is 1.50. The van der Waals surface area contributed by atoms with Crippen molar-refractivity contribution in [2.45, 2.75) is 0 Å². The number of aromatic nitrogens is 1. The molecule has 1 aromatic heterocycles. The number of nitrogens with one attached hydrogen (secondary N) is 1. The molecule has 0 bridgehead atoms. The van der Waals surface area contributed by atoms with Gasteiger partial charge < -0.3 is 14.8 Å². The molecule has 2 N–H and O–H groups in total. The van der Waals surface area contributed by atoms with E-state index < -0.39 is 11.9 Å². The molecule has 1 amide bonds. The Balaban J connectivity index is 1.95. The second-order valence-corrected chi connectivity index (χ2v) is 4.81. The van der Waals surface area contributed by atoms with Crippen LogP contribution in [0.4, 0.5) is 5.69 Å². The number of carbonyl (C=O) groups is 1. The third-order valence-electron chi connectivity index (χ3n) is 3.30. The van der Waals surface area contributed by atoms with Crippen LogP contribution in [0.1, 0.15) is 10.5 Å². The van der Waals surface area contributed by atoms with Crippen LogP contribution in [0.15, 0.2) is 65.1 Å². The van der Waals surface area contributed by atoms with E-state index in [9.17, 15) is 9.90 Å². The number of anilines is 1. The van der Waals surface area contributed by atoms with Crippen LogP contribution < -0.4 is 9.88 Å². The van der Waals surface area contributed by atoms with Gasteiger partial charge in [-0.3, -0.25) is 4.79 Å². The van der Waals surface area contributed by atoms with Crippen LogP contribution in [-0.4, -0.2) is 11.0 Å². The predicted molar refractivity (Wildman–Crippen MR) is 81.4 cm³/mol. The van der Waals surface area contributed by atoms with E-state index in [1.807, 2.05) is 48.5 Å². The molecule has 0 radical (unpaired) electrons. The summed E-state index contributed by atoms with van der Waals surface area (Å²) in [5.74, 6) is -0.428. The number of aromatic hydroxyl groups is 1. The van der Waals surface area contributed by atoms with Crippen molar-refractivity contribution < 1.29 is 18.9 Å². The maximum absolute atomic E-state index is 12.3. The molecular formula is C17H15N2O3+. The number of oxazole rings is 1. The fourth-order valence-corrected chi connectivity index (χ4v) is 2.25. The highest BCUT2D eigenvalue weighted by atomic mass is 16.5. The summed E-state index contributed by atoms with van der Waals surface area (Å²) in [6.45, 7) is 0. The second kappa shape index (κ2) is 5.73. The van der Waals surface area contributed by atoms with Gasteiger partial charge in [0.2, 0.25) is 0 Å². The number of amides is 1. The Hall–Kier alpha value is -3.08. The van der Waals surface area contributed by atoms with Crippen molar-refractivity contribution in [1.29, 1.82) is 0 Å². The van der Waals surface area contributed by atoms with Crippen molar-refractivity contribution >= 4 is 11.6 Å². The van der Waals surface area contributed by atoms with Crippen LogP contribution in [0.5, 0.6) is 5.95 Å². The predicted octanol–water partition coefficient (Wildman–Crippen LogP) is 2.73. The van der Waals surface area contributed by atoms with Crippen LogP contribution in [-0.2, 0) is 7.05 Å². The van der Waals surface area contributed by atoms with E-state index in [0.717, 1.165) is 5.56 Å². The van der Waals surface area contributed by atoms with Crippen molar-refractivity contribution in [2.24, 2.45) is 7.05 Å². The lowest BCUT2D eigenvalue weighted by Crippen LogP contribution is -2.37. The minimum absolute atomic E-state index is 0.0720. The fourth-order valence-electron chi connectivity index (χ4n) is 2.25. The highest BCUT2D eigenvalue weighted by Gasteiger charge is 2.32. The first kappa shape index (κ1) is 13.9. The molecule has 0 aliphatic rings. The number of hydrogen-bond acceptors (Lipinski definition) is 3. The summed E-state index contributed by atoms with van der Waals surface area (Å²) >= 11 is 0. The highest BCUT2D eigenvalue weighted by molar-refractivity contribution is 6.03. The van der Waals surface area contributed by atoms with Crippen LogP contribution >= 0.6 is 0 Å². The Kier molecular flexibility index (Phi) is 3.62. The zero-order valence-corrected chi connectivity index (χ0v) is 12.0. The first-order valence-electron chi connectivity index (χ1n) is 6.80. The average Bonchev–Trinajstić information content (AvgIpc) is 2.84. The lowest BCUT2D eigenvalue weighted by atomic mass is 10.2. The lowest BCUT2D eigenvalue weighted by Gasteiger charge is -2.00. The van der Waals surface area contributed by atoms with Crippen molar-refractivity contribution in [3.05, 3.63) is 66.4 Å². The zero-order chi connectivity index (χ0) is 15.5. The van der Waals surface area contributed by atoms with Gasteiger partial charge in [0, 0.05) is 5.69 Å². The molecule has 3 aromatic rings. The Bertz CT molecular complexity index is 796. The lowest BCUT2D eigenvalue weighted by molar-refractivity contribution is -0.664. The number of para-hydroxylation sites is 1. The summed E-state index contributed by atoms with van der Waals surface area (Å²) in [6, 6.07) is 18.3. The van der Waals surface area contributed by atoms with Gasteiger partial charge in [-0.25, -0.2) is 0 Å². The molecule has 0 unspecified atom stereocenters. The van der Waals surface area contributed by atoms with Crippen LogP contribution in [0.3, 0.4) is 0 Å². The van der Waals surface area contributed by atoms with Gasteiger partial charge in [0.25, 0.3) is 0 Å². The topological polar surface area (TPSA) is 66.3 Å². The molecule has 2 aromatic carbocycles. The first-order valence-corrected chi connectivity index (χ1v) is 6.80. The van der Waals surface area contributed by atoms with Gasteiger partial charge in [-0.1, -0.05) is 36.4 Å². The van der Waals surface area contributed by atoms with E-state index in [2.05, 4.69) is 5.32 Å². The summed E-state index contributed by atoms with van der Waals surface area (Å²) < 4.78 is 6.88. The molecule has 0 spiro atoms. The molecule has 0 saturated carbocycles. The van der Waals surface area contributed by atoms with Crippen LogP contribution in [0.2, 0.25) is 0 Å². The van der Waals surface area contributed by atoms with Gasteiger partial charge >= 0.3 is 23.4 Å². The Labute approximate surface area is 127 Å². The number of hydrogen-bond donors (Lipinski definition) is 2. The van der Waals surface area contributed by atoms with Gasteiger partial charge in [-0.15, -0.1) is 0 Å². The minimum atomic E-state index is -0.433. The normalized spacial score (nSPS) is 10.4. The fraction of sp³-hybridized carbons (Fsp3) is 0.0588. The monoisotopic (exact) mass is 295 g/mol. The second-order valence-electron chi connectivity index (χ2n) is 4.81. The van der Waals surface area contributed by atoms with E-state index in [1.54, 1.807) is 19.2 Å². The molecule has 22 heavy (non-hydrogen) atoms. The van der Waals surface area contributed by atoms with Crippen molar-refractivity contribution in [3.8, 4) is 17.4 Å². The van der Waals surface area contributed by atoms with E-state index in [0.29, 0.717) is 11.6 Å². The average molecular weight is 295 g/mol. The molecule has 110 valence electrons. The molecule has 1 heterocycles. The third kappa shape index (κ3) is 2.56. The van der Waals surface area contributed by atoms with Gasteiger partial charge in [-0.05, 0) is 24.3 Å². The van der Waals surface area contributed by atoms with Gasteiger partial charge in [0.05, 0.1) is 5.56 Å². The molecule has 0 aliphatic heterocycles. The first-order chi connectivity index (χ1) is 10.7. The van der Waals surface area contributed by atoms with E-state index >= 15 is 0 Å². The highest BCUT2D eigenvalue weighted by Crippen LogP contribution is 2.24. The largest absolute Gasteiger partial charge is 0.476 e. The zero-order valence-electron chi connectivity index (χ0n) is 12.0. The molecule has 0 aliphatic carbocycles. The van der Waals surface area contributed by atoms with Crippen molar-refractivity contribution in [1.82, 2.24) is 0 Å². The van der Waals surface area contributed by atoms with Gasteiger partial charge in [0.15, 0.2) is 0 Å². The SMILES string of the molecule is C[n+]1c(-c2ccccc2)oc(O)c1C(=O)Nc1ccccc1. The minimum Gasteiger partial charge on any atom is -0.476 e. The summed E-state index contributed by atoms with van der Waals surface area (Å²) in [4.78, 5) is 12.3. The molecule has 5 nitrogen and oxygen atoms in total. The molecule has 0 saturated heterocycles.